The van der Waals surface area contributed by atoms with Crippen molar-refractivity contribution in [3.05, 3.63) is 92.3 Å². The SMILES string of the molecule is CCOC(=O)c1ccc(COCc2csc3nc(C(=O)NCc4cccc(OCC)c4)[nH]c(=O)c23)cc1. The summed E-state index contributed by atoms with van der Waals surface area (Å²) in [6.45, 7) is 5.31. The van der Waals surface area contributed by atoms with Crippen molar-refractivity contribution in [3.8, 4) is 5.75 Å². The number of rotatable bonds is 11. The van der Waals surface area contributed by atoms with Crippen molar-refractivity contribution in [3.63, 3.8) is 0 Å². The van der Waals surface area contributed by atoms with Crippen LogP contribution < -0.4 is 15.6 Å². The number of amides is 1. The van der Waals surface area contributed by atoms with Crippen molar-refractivity contribution in [1.29, 1.82) is 0 Å². The minimum Gasteiger partial charge on any atom is -0.494 e. The highest BCUT2D eigenvalue weighted by molar-refractivity contribution is 7.16. The smallest absolute Gasteiger partial charge is 0.338 e. The number of carbonyl (C=O) groups excluding carboxylic acids is 2. The summed E-state index contributed by atoms with van der Waals surface area (Å²) in [5.41, 5.74) is 2.52. The predicted molar refractivity (Wildman–Crippen MR) is 140 cm³/mol. The second-order valence-corrected chi connectivity index (χ2v) is 8.89. The van der Waals surface area contributed by atoms with Gasteiger partial charge in [0.2, 0.25) is 5.82 Å². The van der Waals surface area contributed by atoms with Gasteiger partial charge in [0.1, 0.15) is 10.6 Å². The molecule has 0 aliphatic carbocycles. The molecule has 37 heavy (non-hydrogen) atoms. The Labute approximate surface area is 217 Å². The van der Waals surface area contributed by atoms with Crippen LogP contribution in [-0.4, -0.2) is 35.1 Å². The van der Waals surface area contributed by atoms with Gasteiger partial charge >= 0.3 is 5.97 Å². The molecule has 0 saturated heterocycles. The minimum absolute atomic E-state index is 0.0468. The number of hydrogen-bond acceptors (Lipinski definition) is 8. The second-order valence-electron chi connectivity index (χ2n) is 8.03. The van der Waals surface area contributed by atoms with Crippen molar-refractivity contribution >= 4 is 33.4 Å². The van der Waals surface area contributed by atoms with E-state index < -0.39 is 11.5 Å². The highest BCUT2D eigenvalue weighted by atomic mass is 32.1. The van der Waals surface area contributed by atoms with Crippen molar-refractivity contribution in [2.24, 2.45) is 0 Å². The zero-order chi connectivity index (χ0) is 26.2. The van der Waals surface area contributed by atoms with Crippen LogP contribution in [0.25, 0.3) is 10.2 Å². The van der Waals surface area contributed by atoms with E-state index in [1.54, 1.807) is 36.6 Å². The molecule has 0 saturated carbocycles. The number of carbonyl (C=O) groups is 2. The zero-order valence-electron chi connectivity index (χ0n) is 20.5. The third-order valence-electron chi connectivity index (χ3n) is 5.39. The van der Waals surface area contributed by atoms with Gasteiger partial charge in [-0.3, -0.25) is 9.59 Å². The molecule has 0 aliphatic rings. The number of ether oxygens (including phenoxy) is 3. The summed E-state index contributed by atoms with van der Waals surface area (Å²) in [7, 11) is 0. The van der Waals surface area contributed by atoms with E-state index in [9.17, 15) is 14.4 Å². The van der Waals surface area contributed by atoms with Gasteiger partial charge in [-0.2, -0.15) is 0 Å². The van der Waals surface area contributed by atoms with Crippen LogP contribution >= 0.6 is 11.3 Å². The lowest BCUT2D eigenvalue weighted by Gasteiger charge is -2.08. The predicted octanol–water partition coefficient (Wildman–Crippen LogP) is 4.21. The van der Waals surface area contributed by atoms with E-state index in [4.69, 9.17) is 14.2 Å². The van der Waals surface area contributed by atoms with Crippen LogP contribution in [0.3, 0.4) is 0 Å². The first kappa shape index (κ1) is 26.1. The number of nitrogens with one attached hydrogen (secondary N) is 2. The monoisotopic (exact) mass is 521 g/mol. The van der Waals surface area contributed by atoms with Crippen LogP contribution in [0.2, 0.25) is 0 Å². The van der Waals surface area contributed by atoms with Crippen LogP contribution in [0.1, 0.15) is 51.5 Å². The Bertz CT molecular complexity index is 1440. The molecule has 0 spiro atoms. The molecule has 9 nitrogen and oxygen atoms in total. The number of benzene rings is 2. The molecule has 2 N–H and O–H groups in total. The van der Waals surface area contributed by atoms with Gasteiger partial charge in [0, 0.05) is 12.1 Å². The van der Waals surface area contributed by atoms with E-state index in [0.717, 1.165) is 16.9 Å². The van der Waals surface area contributed by atoms with Crippen LogP contribution in [0, 0.1) is 0 Å². The third-order valence-corrected chi connectivity index (χ3v) is 6.31. The summed E-state index contributed by atoms with van der Waals surface area (Å²) in [6, 6.07) is 14.4. The lowest BCUT2D eigenvalue weighted by atomic mass is 10.1. The van der Waals surface area contributed by atoms with E-state index in [1.807, 2.05) is 31.2 Å². The van der Waals surface area contributed by atoms with Crippen molar-refractivity contribution in [2.75, 3.05) is 13.2 Å². The normalized spacial score (nSPS) is 10.9. The summed E-state index contributed by atoms with van der Waals surface area (Å²) in [5.74, 6) is -0.160. The standard InChI is InChI=1S/C27H27N3O6S/c1-3-35-21-7-5-6-18(12-21)13-28-25(32)23-29-24(31)22-20(16-37-26(22)30-23)15-34-14-17-8-10-19(11-9-17)27(33)36-4-2/h5-12,16H,3-4,13-15H2,1-2H3,(H,28,32)(H,29,30,31). The first-order valence-electron chi connectivity index (χ1n) is 11.8. The fourth-order valence-electron chi connectivity index (χ4n) is 3.63. The Morgan fingerprint density at radius 3 is 2.59 bits per heavy atom. The lowest BCUT2D eigenvalue weighted by Crippen LogP contribution is -2.27. The number of aromatic nitrogens is 2. The summed E-state index contributed by atoms with van der Waals surface area (Å²) in [5, 5.41) is 4.99. The average molecular weight is 522 g/mol. The highest BCUT2D eigenvalue weighted by Crippen LogP contribution is 2.22. The number of esters is 1. The number of H-pyrrole nitrogens is 1. The molecule has 192 valence electrons. The highest BCUT2D eigenvalue weighted by Gasteiger charge is 2.16. The van der Waals surface area contributed by atoms with Crippen molar-refractivity contribution in [2.45, 2.75) is 33.6 Å². The Morgan fingerprint density at radius 2 is 1.84 bits per heavy atom. The third kappa shape index (κ3) is 6.60. The van der Waals surface area contributed by atoms with Crippen LogP contribution in [0.5, 0.6) is 5.75 Å². The van der Waals surface area contributed by atoms with Crippen LogP contribution in [0.4, 0.5) is 0 Å². The zero-order valence-corrected chi connectivity index (χ0v) is 21.4. The molecule has 0 radical (unpaired) electrons. The number of hydrogen-bond donors (Lipinski definition) is 2. The molecular formula is C27H27N3O6S. The summed E-state index contributed by atoms with van der Waals surface area (Å²) in [4.78, 5) is 44.6. The summed E-state index contributed by atoms with van der Waals surface area (Å²) in [6.07, 6.45) is 0. The van der Waals surface area contributed by atoms with Gasteiger partial charge < -0.3 is 24.5 Å². The number of nitrogens with zero attached hydrogens (tertiary/aromatic N) is 1. The molecule has 2 aromatic carbocycles. The number of aromatic amines is 1. The second kappa shape index (κ2) is 12.3. The Hall–Kier alpha value is -4.02. The maximum atomic E-state index is 12.8. The average Bonchev–Trinajstić information content (AvgIpc) is 3.32. The largest absolute Gasteiger partial charge is 0.494 e. The van der Waals surface area contributed by atoms with Gasteiger partial charge in [-0.05, 0) is 54.6 Å². The molecule has 4 aromatic rings. The fraction of sp³-hybridized carbons (Fsp3) is 0.259. The first-order valence-corrected chi connectivity index (χ1v) is 12.7. The molecule has 0 atom stereocenters. The van der Waals surface area contributed by atoms with Gasteiger partial charge in [-0.1, -0.05) is 24.3 Å². The molecule has 10 heteroatoms. The van der Waals surface area contributed by atoms with Crippen molar-refractivity contribution < 1.29 is 23.8 Å². The Morgan fingerprint density at radius 1 is 1.03 bits per heavy atom. The molecule has 0 bridgehead atoms. The molecule has 0 aliphatic heterocycles. The molecule has 0 fully saturated rings. The maximum absolute atomic E-state index is 12.8. The molecule has 4 rings (SSSR count). The molecule has 1 amide bonds. The van der Waals surface area contributed by atoms with Gasteiger partial charge in [-0.15, -0.1) is 11.3 Å². The Kier molecular flexibility index (Phi) is 8.65. The number of fused-ring (bicyclic) bond motifs is 1. The van der Waals surface area contributed by atoms with Gasteiger partial charge in [0.15, 0.2) is 0 Å². The molecular weight excluding hydrogens is 494 g/mol. The lowest BCUT2D eigenvalue weighted by molar-refractivity contribution is 0.0526. The van der Waals surface area contributed by atoms with Gasteiger partial charge in [0.05, 0.1) is 37.4 Å². The van der Waals surface area contributed by atoms with Crippen molar-refractivity contribution in [1.82, 2.24) is 15.3 Å². The van der Waals surface area contributed by atoms with Gasteiger partial charge in [0.25, 0.3) is 11.5 Å². The van der Waals surface area contributed by atoms with E-state index in [2.05, 4.69) is 15.3 Å². The topological polar surface area (TPSA) is 120 Å². The molecule has 2 heterocycles. The molecule has 0 unspecified atom stereocenters. The van der Waals surface area contributed by atoms with E-state index in [0.29, 0.717) is 41.2 Å². The van der Waals surface area contributed by atoms with Crippen LogP contribution in [0.15, 0.2) is 58.7 Å². The minimum atomic E-state index is -0.474. The summed E-state index contributed by atoms with van der Waals surface area (Å²) < 4.78 is 16.3. The Balaban J connectivity index is 1.37. The fourth-order valence-corrected chi connectivity index (χ4v) is 4.55. The quantitative estimate of drug-likeness (QED) is 0.284. The van der Waals surface area contributed by atoms with E-state index in [1.165, 1.54) is 11.3 Å². The summed E-state index contributed by atoms with van der Waals surface area (Å²) >= 11 is 1.28. The first-order chi connectivity index (χ1) is 18.0. The van der Waals surface area contributed by atoms with E-state index in [-0.39, 0.29) is 24.9 Å². The van der Waals surface area contributed by atoms with Crippen LogP contribution in [-0.2, 0) is 29.2 Å². The molecule has 2 aromatic heterocycles. The maximum Gasteiger partial charge on any atom is 0.338 e. The van der Waals surface area contributed by atoms with Gasteiger partial charge in [-0.25, -0.2) is 9.78 Å². The number of thiophene rings is 1. The van der Waals surface area contributed by atoms with E-state index >= 15 is 0 Å².